The Kier molecular flexibility index (Phi) is 4.46. The molecule has 0 amide bonds. The van der Waals surface area contributed by atoms with Crippen molar-refractivity contribution in [2.24, 2.45) is 11.1 Å². The van der Waals surface area contributed by atoms with Crippen LogP contribution >= 0.6 is 11.3 Å². The van der Waals surface area contributed by atoms with E-state index in [0.717, 1.165) is 13.1 Å². The maximum Gasteiger partial charge on any atom is 0.0307 e. The molecule has 0 saturated heterocycles. The van der Waals surface area contributed by atoms with Crippen molar-refractivity contribution in [2.45, 2.75) is 58.0 Å². The number of rotatable bonds is 4. The molecule has 3 N–H and O–H groups in total. The van der Waals surface area contributed by atoms with Crippen LogP contribution in [0, 0.1) is 5.41 Å². The molecular formula is C15H26N2S. The molecule has 1 aliphatic carbocycles. The van der Waals surface area contributed by atoms with Gasteiger partial charge in [-0.1, -0.05) is 26.3 Å². The summed E-state index contributed by atoms with van der Waals surface area (Å²) in [6, 6.07) is 4.32. The maximum atomic E-state index is 6.08. The molecule has 1 aromatic rings. The molecule has 3 heteroatoms. The molecular weight excluding hydrogens is 240 g/mol. The molecule has 1 aliphatic rings. The van der Waals surface area contributed by atoms with Crippen LogP contribution in [0.15, 0.2) is 17.5 Å². The van der Waals surface area contributed by atoms with E-state index in [4.69, 9.17) is 5.73 Å². The number of thiophene rings is 1. The second kappa shape index (κ2) is 5.72. The van der Waals surface area contributed by atoms with Gasteiger partial charge in [0.1, 0.15) is 0 Å². The summed E-state index contributed by atoms with van der Waals surface area (Å²) < 4.78 is 0. The average Bonchev–Trinajstić information content (AvgIpc) is 2.80. The number of nitrogens with two attached hydrogens (primary N) is 1. The molecule has 1 atom stereocenters. The fourth-order valence-corrected chi connectivity index (χ4v) is 3.52. The van der Waals surface area contributed by atoms with E-state index < -0.39 is 0 Å². The predicted octanol–water partition coefficient (Wildman–Crippen LogP) is 3.53. The Morgan fingerprint density at radius 3 is 2.78 bits per heavy atom. The lowest BCUT2D eigenvalue weighted by molar-refractivity contribution is 0.266. The summed E-state index contributed by atoms with van der Waals surface area (Å²) in [5.74, 6) is 0. The van der Waals surface area contributed by atoms with Crippen LogP contribution < -0.4 is 11.1 Å². The fraction of sp³-hybridized carbons (Fsp3) is 0.733. The molecule has 102 valence electrons. The van der Waals surface area contributed by atoms with Gasteiger partial charge in [0.05, 0.1) is 0 Å². The van der Waals surface area contributed by atoms with Gasteiger partial charge in [0.2, 0.25) is 0 Å². The summed E-state index contributed by atoms with van der Waals surface area (Å²) in [5, 5.41) is 5.89. The quantitative estimate of drug-likeness (QED) is 0.818. The lowest BCUT2D eigenvalue weighted by Crippen LogP contribution is -2.50. The van der Waals surface area contributed by atoms with Gasteiger partial charge in [0.25, 0.3) is 0 Å². The number of hydrogen-bond donors (Lipinski definition) is 2. The maximum absolute atomic E-state index is 6.08. The van der Waals surface area contributed by atoms with E-state index in [1.807, 2.05) is 11.3 Å². The molecule has 1 fully saturated rings. The topological polar surface area (TPSA) is 38.0 Å². The summed E-state index contributed by atoms with van der Waals surface area (Å²) in [6.45, 7) is 6.50. The zero-order chi connectivity index (χ0) is 13.1. The number of nitrogens with one attached hydrogen (secondary N) is 1. The largest absolute Gasteiger partial charge is 0.329 e. The average molecular weight is 266 g/mol. The summed E-state index contributed by atoms with van der Waals surface area (Å²) in [4.78, 5) is 1.41. The standard InChI is InChI=1S/C15H26N2S/c1-14(2)6-4-7-15(12-16,9-8-14)17-11-13-5-3-10-18-13/h3,5,10,17H,4,6-9,11-12,16H2,1-2H3. The molecule has 2 rings (SSSR count). The zero-order valence-corrected chi connectivity index (χ0v) is 12.5. The summed E-state index contributed by atoms with van der Waals surface area (Å²) in [6.07, 6.45) is 6.33. The Morgan fingerprint density at radius 2 is 2.11 bits per heavy atom. The van der Waals surface area contributed by atoms with E-state index in [0.29, 0.717) is 5.41 Å². The third kappa shape index (κ3) is 3.56. The third-order valence-electron chi connectivity index (χ3n) is 4.40. The Hall–Kier alpha value is -0.380. The third-order valence-corrected chi connectivity index (χ3v) is 5.27. The Morgan fingerprint density at radius 1 is 1.28 bits per heavy atom. The second-order valence-electron chi connectivity index (χ2n) is 6.44. The monoisotopic (exact) mass is 266 g/mol. The van der Waals surface area contributed by atoms with Gasteiger partial charge in [-0.25, -0.2) is 0 Å². The SMILES string of the molecule is CC1(C)CCCC(CN)(NCc2cccs2)CC1. The first kappa shape index (κ1) is 14.0. The van der Waals surface area contributed by atoms with Crippen LogP contribution in [0.1, 0.15) is 50.8 Å². The molecule has 18 heavy (non-hydrogen) atoms. The van der Waals surface area contributed by atoms with E-state index in [1.165, 1.54) is 37.0 Å². The van der Waals surface area contributed by atoms with Crippen LogP contribution in [-0.2, 0) is 6.54 Å². The fourth-order valence-electron chi connectivity index (χ4n) is 2.87. The highest BCUT2D eigenvalue weighted by Gasteiger charge is 2.34. The van der Waals surface area contributed by atoms with E-state index in [1.54, 1.807) is 0 Å². The van der Waals surface area contributed by atoms with Crippen LogP contribution in [0.4, 0.5) is 0 Å². The highest BCUT2D eigenvalue weighted by atomic mass is 32.1. The molecule has 1 aromatic heterocycles. The number of hydrogen-bond acceptors (Lipinski definition) is 3. The minimum absolute atomic E-state index is 0.164. The first-order valence-electron chi connectivity index (χ1n) is 7.03. The van der Waals surface area contributed by atoms with E-state index in [-0.39, 0.29) is 5.54 Å². The van der Waals surface area contributed by atoms with E-state index in [2.05, 4.69) is 36.7 Å². The zero-order valence-electron chi connectivity index (χ0n) is 11.7. The summed E-state index contributed by atoms with van der Waals surface area (Å²) in [7, 11) is 0. The first-order valence-corrected chi connectivity index (χ1v) is 7.91. The minimum atomic E-state index is 0.164. The van der Waals surface area contributed by atoms with Gasteiger partial charge < -0.3 is 11.1 Å². The van der Waals surface area contributed by atoms with E-state index >= 15 is 0 Å². The molecule has 0 radical (unpaired) electrons. The van der Waals surface area contributed by atoms with Crippen molar-refractivity contribution in [1.29, 1.82) is 0 Å². The van der Waals surface area contributed by atoms with Gasteiger partial charge in [-0.3, -0.25) is 0 Å². The normalized spacial score (nSPS) is 27.9. The Balaban J connectivity index is 1.97. The van der Waals surface area contributed by atoms with Crippen molar-refractivity contribution in [1.82, 2.24) is 5.32 Å². The van der Waals surface area contributed by atoms with Gasteiger partial charge in [-0.05, 0) is 42.5 Å². The molecule has 1 heterocycles. The van der Waals surface area contributed by atoms with Crippen molar-refractivity contribution in [3.8, 4) is 0 Å². The lowest BCUT2D eigenvalue weighted by atomic mass is 9.83. The first-order chi connectivity index (χ1) is 8.55. The van der Waals surface area contributed by atoms with Crippen LogP contribution in [0.3, 0.4) is 0 Å². The van der Waals surface area contributed by atoms with Crippen molar-refractivity contribution in [3.05, 3.63) is 22.4 Å². The van der Waals surface area contributed by atoms with Crippen molar-refractivity contribution in [2.75, 3.05) is 6.54 Å². The molecule has 0 spiro atoms. The van der Waals surface area contributed by atoms with Gasteiger partial charge >= 0.3 is 0 Å². The van der Waals surface area contributed by atoms with Gasteiger partial charge in [0.15, 0.2) is 0 Å². The molecule has 1 unspecified atom stereocenters. The van der Waals surface area contributed by atoms with Crippen LogP contribution in [0.25, 0.3) is 0 Å². The van der Waals surface area contributed by atoms with Gasteiger partial charge in [-0.15, -0.1) is 11.3 Å². The molecule has 0 aromatic carbocycles. The molecule has 1 saturated carbocycles. The van der Waals surface area contributed by atoms with Crippen molar-refractivity contribution in [3.63, 3.8) is 0 Å². The predicted molar refractivity (Wildman–Crippen MR) is 79.8 cm³/mol. The second-order valence-corrected chi connectivity index (χ2v) is 7.47. The molecule has 0 bridgehead atoms. The van der Waals surface area contributed by atoms with E-state index in [9.17, 15) is 0 Å². The highest BCUT2D eigenvalue weighted by molar-refractivity contribution is 7.09. The van der Waals surface area contributed by atoms with Gasteiger partial charge in [0, 0.05) is 23.5 Å². The van der Waals surface area contributed by atoms with Crippen LogP contribution in [-0.4, -0.2) is 12.1 Å². The van der Waals surface area contributed by atoms with Crippen molar-refractivity contribution >= 4 is 11.3 Å². The molecule has 2 nitrogen and oxygen atoms in total. The van der Waals surface area contributed by atoms with Crippen molar-refractivity contribution < 1.29 is 0 Å². The smallest absolute Gasteiger partial charge is 0.0307 e. The van der Waals surface area contributed by atoms with Crippen LogP contribution in [0.2, 0.25) is 0 Å². The summed E-state index contributed by atoms with van der Waals surface area (Å²) >= 11 is 1.82. The van der Waals surface area contributed by atoms with Crippen LogP contribution in [0.5, 0.6) is 0 Å². The summed E-state index contributed by atoms with van der Waals surface area (Å²) in [5.41, 5.74) is 6.73. The Bertz CT molecular complexity index is 359. The lowest BCUT2D eigenvalue weighted by Gasteiger charge is -2.33. The highest BCUT2D eigenvalue weighted by Crippen LogP contribution is 2.37. The Labute approximate surface area is 115 Å². The van der Waals surface area contributed by atoms with Gasteiger partial charge in [-0.2, -0.15) is 0 Å². The molecule has 0 aliphatic heterocycles. The minimum Gasteiger partial charge on any atom is -0.329 e.